The zero-order valence-corrected chi connectivity index (χ0v) is 15.7. The second-order valence-electron chi connectivity index (χ2n) is 6.58. The maximum atomic E-state index is 12.4. The van der Waals surface area contributed by atoms with E-state index in [0.717, 1.165) is 18.4 Å². The number of amides is 1. The normalized spacial score (nSPS) is 15.1. The molecule has 4 nitrogen and oxygen atoms in total. The summed E-state index contributed by atoms with van der Waals surface area (Å²) in [6.45, 7) is 4.01. The molecule has 0 saturated carbocycles. The minimum absolute atomic E-state index is 0.0147. The van der Waals surface area contributed by atoms with Crippen molar-refractivity contribution >= 4 is 17.5 Å². The molecule has 0 unspecified atom stereocenters. The van der Waals surface area contributed by atoms with Crippen LogP contribution < -0.4 is 4.74 Å². The number of benzene rings is 2. The second-order valence-corrected chi connectivity index (χ2v) is 7.01. The minimum Gasteiger partial charge on any atom is -0.483 e. The van der Waals surface area contributed by atoms with E-state index >= 15 is 0 Å². The summed E-state index contributed by atoms with van der Waals surface area (Å²) in [5.74, 6) is 0.713. The number of piperidine rings is 1. The van der Waals surface area contributed by atoms with E-state index in [2.05, 4.69) is 12.1 Å². The molecule has 2 aromatic rings. The fraction of sp³-hybridized carbons (Fsp3) is 0.381. The third-order valence-electron chi connectivity index (χ3n) is 4.61. The number of carbonyl (C=O) groups excluding carboxylic acids is 1. The molecule has 1 saturated heterocycles. The first-order valence-electron chi connectivity index (χ1n) is 8.94. The number of ether oxygens (including phenoxy) is 2. The molecule has 0 atom stereocenters. The number of hydrogen-bond acceptors (Lipinski definition) is 3. The zero-order chi connectivity index (χ0) is 18.4. The van der Waals surface area contributed by atoms with Gasteiger partial charge in [-0.1, -0.05) is 41.9 Å². The Kier molecular flexibility index (Phi) is 6.53. The summed E-state index contributed by atoms with van der Waals surface area (Å²) >= 11 is 5.94. The molecular weight excluding hydrogens is 350 g/mol. The summed E-state index contributed by atoms with van der Waals surface area (Å²) in [5, 5.41) is 0.666. The van der Waals surface area contributed by atoms with Crippen LogP contribution in [0, 0.1) is 6.92 Å². The first kappa shape index (κ1) is 18.7. The standard InChI is InChI=1S/C21H24ClNO3/c1-16-13-18(22)7-8-20(16)26-15-21(24)23-11-9-19(10-12-23)25-14-17-5-3-2-4-6-17/h2-8,13,19H,9-12,14-15H2,1H3. The fourth-order valence-corrected chi connectivity index (χ4v) is 3.29. The number of carbonyl (C=O) groups is 1. The van der Waals surface area contributed by atoms with Crippen LogP contribution in [0.4, 0.5) is 0 Å². The van der Waals surface area contributed by atoms with Crippen LogP contribution in [0.15, 0.2) is 48.5 Å². The lowest BCUT2D eigenvalue weighted by atomic mass is 10.1. The molecule has 2 aromatic carbocycles. The number of hydrogen-bond donors (Lipinski definition) is 0. The highest BCUT2D eigenvalue weighted by atomic mass is 35.5. The summed E-state index contributed by atoms with van der Waals surface area (Å²) in [7, 11) is 0. The number of aryl methyl sites for hydroxylation is 1. The van der Waals surface area contributed by atoms with Crippen LogP contribution in [0.1, 0.15) is 24.0 Å². The average molecular weight is 374 g/mol. The Bertz CT molecular complexity index is 727. The lowest BCUT2D eigenvalue weighted by Gasteiger charge is -2.32. The lowest BCUT2D eigenvalue weighted by molar-refractivity contribution is -0.136. The van der Waals surface area contributed by atoms with Gasteiger partial charge in [-0.05, 0) is 49.1 Å². The molecule has 1 fully saturated rings. The van der Waals surface area contributed by atoms with E-state index in [0.29, 0.717) is 30.5 Å². The van der Waals surface area contributed by atoms with Gasteiger partial charge in [-0.25, -0.2) is 0 Å². The Hall–Kier alpha value is -2.04. The van der Waals surface area contributed by atoms with Crippen LogP contribution >= 0.6 is 11.6 Å². The van der Waals surface area contributed by atoms with Crippen molar-refractivity contribution in [1.82, 2.24) is 4.90 Å². The van der Waals surface area contributed by atoms with Crippen LogP contribution in [0.5, 0.6) is 5.75 Å². The highest BCUT2D eigenvalue weighted by molar-refractivity contribution is 6.30. The summed E-state index contributed by atoms with van der Waals surface area (Å²) < 4.78 is 11.6. The largest absolute Gasteiger partial charge is 0.483 e. The van der Waals surface area contributed by atoms with Gasteiger partial charge in [-0.2, -0.15) is 0 Å². The van der Waals surface area contributed by atoms with Crippen molar-refractivity contribution in [2.45, 2.75) is 32.5 Å². The second kappa shape index (κ2) is 9.06. The molecule has 5 heteroatoms. The Morgan fingerprint density at radius 2 is 1.88 bits per heavy atom. The lowest BCUT2D eigenvalue weighted by Crippen LogP contribution is -2.43. The molecule has 0 aromatic heterocycles. The van der Waals surface area contributed by atoms with Crippen LogP contribution in [0.3, 0.4) is 0 Å². The van der Waals surface area contributed by atoms with Gasteiger partial charge in [0, 0.05) is 18.1 Å². The summed E-state index contributed by atoms with van der Waals surface area (Å²) in [6.07, 6.45) is 1.93. The molecule has 0 spiro atoms. The van der Waals surface area contributed by atoms with Gasteiger partial charge in [0.25, 0.3) is 5.91 Å². The average Bonchev–Trinajstić information content (AvgIpc) is 2.67. The molecule has 1 amide bonds. The molecule has 0 radical (unpaired) electrons. The van der Waals surface area contributed by atoms with Crippen molar-refractivity contribution in [1.29, 1.82) is 0 Å². The molecule has 1 heterocycles. The van der Waals surface area contributed by atoms with Crippen LogP contribution in [-0.2, 0) is 16.1 Å². The molecule has 26 heavy (non-hydrogen) atoms. The summed E-state index contributed by atoms with van der Waals surface area (Å²) in [5.41, 5.74) is 2.11. The smallest absolute Gasteiger partial charge is 0.260 e. The van der Waals surface area contributed by atoms with Crippen molar-refractivity contribution < 1.29 is 14.3 Å². The number of rotatable bonds is 6. The van der Waals surface area contributed by atoms with Crippen molar-refractivity contribution in [2.24, 2.45) is 0 Å². The molecular formula is C21H24ClNO3. The quantitative estimate of drug-likeness (QED) is 0.760. The van der Waals surface area contributed by atoms with Crippen molar-refractivity contribution in [3.05, 3.63) is 64.7 Å². The molecule has 0 aliphatic carbocycles. The molecule has 0 N–H and O–H groups in total. The first-order chi connectivity index (χ1) is 12.6. The van der Waals surface area contributed by atoms with Gasteiger partial charge >= 0.3 is 0 Å². The fourth-order valence-electron chi connectivity index (χ4n) is 3.07. The number of halogens is 1. The predicted molar refractivity (Wildman–Crippen MR) is 103 cm³/mol. The van der Waals surface area contributed by atoms with Gasteiger partial charge in [-0.3, -0.25) is 4.79 Å². The maximum Gasteiger partial charge on any atom is 0.260 e. The summed E-state index contributed by atoms with van der Waals surface area (Å²) in [4.78, 5) is 14.2. The third kappa shape index (κ3) is 5.23. The van der Waals surface area contributed by atoms with E-state index in [-0.39, 0.29) is 18.6 Å². The van der Waals surface area contributed by atoms with E-state index in [4.69, 9.17) is 21.1 Å². The van der Waals surface area contributed by atoms with E-state index in [9.17, 15) is 4.79 Å². The van der Waals surface area contributed by atoms with Crippen LogP contribution in [0.25, 0.3) is 0 Å². The molecule has 0 bridgehead atoms. The molecule has 3 rings (SSSR count). The Morgan fingerprint density at radius 1 is 1.15 bits per heavy atom. The van der Waals surface area contributed by atoms with Gasteiger partial charge in [0.05, 0.1) is 12.7 Å². The van der Waals surface area contributed by atoms with Crippen molar-refractivity contribution in [3.63, 3.8) is 0 Å². The van der Waals surface area contributed by atoms with Crippen LogP contribution in [0.2, 0.25) is 5.02 Å². The molecule has 138 valence electrons. The zero-order valence-electron chi connectivity index (χ0n) is 15.0. The van der Waals surface area contributed by atoms with Gasteiger partial charge in [0.15, 0.2) is 6.61 Å². The highest BCUT2D eigenvalue weighted by Gasteiger charge is 2.23. The Labute approximate surface area is 159 Å². The van der Waals surface area contributed by atoms with E-state index in [1.807, 2.05) is 36.1 Å². The minimum atomic E-state index is 0.0147. The van der Waals surface area contributed by atoms with Crippen molar-refractivity contribution in [2.75, 3.05) is 19.7 Å². The topological polar surface area (TPSA) is 38.8 Å². The highest BCUT2D eigenvalue weighted by Crippen LogP contribution is 2.22. The Morgan fingerprint density at radius 3 is 2.58 bits per heavy atom. The molecule has 1 aliphatic heterocycles. The third-order valence-corrected chi connectivity index (χ3v) is 4.85. The first-order valence-corrected chi connectivity index (χ1v) is 9.32. The SMILES string of the molecule is Cc1cc(Cl)ccc1OCC(=O)N1CCC(OCc2ccccc2)CC1. The van der Waals surface area contributed by atoms with E-state index < -0.39 is 0 Å². The van der Waals surface area contributed by atoms with E-state index in [1.54, 1.807) is 12.1 Å². The van der Waals surface area contributed by atoms with Gasteiger partial charge in [0.2, 0.25) is 0 Å². The van der Waals surface area contributed by atoms with Crippen molar-refractivity contribution in [3.8, 4) is 5.75 Å². The van der Waals surface area contributed by atoms with Gasteiger partial charge in [-0.15, -0.1) is 0 Å². The molecule has 1 aliphatic rings. The van der Waals surface area contributed by atoms with Crippen LogP contribution in [-0.4, -0.2) is 36.6 Å². The number of likely N-dealkylation sites (tertiary alicyclic amines) is 1. The van der Waals surface area contributed by atoms with Gasteiger partial charge in [0.1, 0.15) is 5.75 Å². The summed E-state index contributed by atoms with van der Waals surface area (Å²) in [6, 6.07) is 15.6. The Balaban J connectivity index is 1.40. The maximum absolute atomic E-state index is 12.4. The monoisotopic (exact) mass is 373 g/mol. The number of nitrogens with zero attached hydrogens (tertiary/aromatic N) is 1. The van der Waals surface area contributed by atoms with Gasteiger partial charge < -0.3 is 14.4 Å². The van der Waals surface area contributed by atoms with E-state index in [1.165, 1.54) is 5.56 Å². The predicted octanol–water partition coefficient (Wildman–Crippen LogP) is 4.24.